The molecular formula is C20H21F3N2O5S. The van der Waals surface area contributed by atoms with Crippen LogP contribution in [0.2, 0.25) is 0 Å². The third-order valence-corrected chi connectivity index (χ3v) is 5.68. The Hall–Kier alpha value is -2.66. The third-order valence-electron chi connectivity index (χ3n) is 4.94. The number of alkyl halides is 3. The molecule has 1 N–H and O–H groups in total. The molecule has 0 unspecified atom stereocenters. The van der Waals surface area contributed by atoms with Gasteiger partial charge in [-0.25, -0.2) is 9.78 Å². The van der Waals surface area contributed by atoms with Crippen molar-refractivity contribution in [2.45, 2.75) is 43.7 Å². The van der Waals surface area contributed by atoms with Crippen molar-refractivity contribution < 1.29 is 37.3 Å². The number of carbonyl (C=O) groups is 2. The fraction of sp³-hybridized carbons (Fsp3) is 0.450. The maximum atomic E-state index is 12.7. The fourth-order valence-electron chi connectivity index (χ4n) is 3.59. The molecule has 2 fully saturated rings. The maximum Gasteiger partial charge on any atom is 0.490 e. The largest absolute Gasteiger partial charge is 0.490 e. The highest BCUT2D eigenvalue weighted by molar-refractivity contribution is 7.08. The summed E-state index contributed by atoms with van der Waals surface area (Å²) in [5, 5.41) is 11.2. The monoisotopic (exact) mass is 458 g/mol. The number of halogens is 3. The molecule has 0 radical (unpaired) electrons. The predicted molar refractivity (Wildman–Crippen MR) is 105 cm³/mol. The second-order valence-electron chi connectivity index (χ2n) is 7.00. The Kier molecular flexibility index (Phi) is 7.50. The van der Waals surface area contributed by atoms with Crippen molar-refractivity contribution in [2.24, 2.45) is 0 Å². The second-order valence-corrected chi connectivity index (χ2v) is 7.78. The summed E-state index contributed by atoms with van der Waals surface area (Å²) in [5.41, 5.74) is 1.09. The Bertz CT molecular complexity index is 863. The van der Waals surface area contributed by atoms with Gasteiger partial charge in [0, 0.05) is 18.8 Å². The zero-order chi connectivity index (χ0) is 22.4. The Morgan fingerprint density at radius 3 is 2.68 bits per heavy atom. The lowest BCUT2D eigenvalue weighted by atomic mass is 10.1. The highest BCUT2D eigenvalue weighted by Gasteiger charge is 2.45. The Morgan fingerprint density at radius 2 is 2.06 bits per heavy atom. The van der Waals surface area contributed by atoms with Gasteiger partial charge >= 0.3 is 12.1 Å². The number of ether oxygens (including phenoxy) is 2. The summed E-state index contributed by atoms with van der Waals surface area (Å²) in [6.07, 6.45) is -1.20. The summed E-state index contributed by atoms with van der Waals surface area (Å²) in [5.74, 6) is -1.95. The number of carboxylic acids is 1. The quantitative estimate of drug-likeness (QED) is 0.757. The van der Waals surface area contributed by atoms with Crippen LogP contribution in [0.5, 0.6) is 5.88 Å². The average Bonchev–Trinajstić information content (AvgIpc) is 3.38. The molecule has 3 atom stereocenters. The van der Waals surface area contributed by atoms with E-state index in [1.54, 1.807) is 17.5 Å². The molecule has 1 saturated heterocycles. The number of aliphatic carboxylic acids is 1. The van der Waals surface area contributed by atoms with E-state index in [9.17, 15) is 18.0 Å². The van der Waals surface area contributed by atoms with Crippen LogP contribution in [0.3, 0.4) is 0 Å². The summed E-state index contributed by atoms with van der Waals surface area (Å²) in [7, 11) is 0. The van der Waals surface area contributed by atoms with Crippen LogP contribution in [0.4, 0.5) is 13.2 Å². The van der Waals surface area contributed by atoms with Crippen molar-refractivity contribution in [2.75, 3.05) is 13.2 Å². The van der Waals surface area contributed by atoms with Crippen molar-refractivity contribution in [3.8, 4) is 5.88 Å². The van der Waals surface area contributed by atoms with Crippen LogP contribution >= 0.6 is 11.3 Å². The minimum atomic E-state index is -5.08. The number of hydrogen-bond donors (Lipinski definition) is 1. The van der Waals surface area contributed by atoms with Crippen molar-refractivity contribution in [1.29, 1.82) is 0 Å². The summed E-state index contributed by atoms with van der Waals surface area (Å²) >= 11 is 1.63. The van der Waals surface area contributed by atoms with E-state index in [0.29, 0.717) is 25.5 Å². The molecule has 31 heavy (non-hydrogen) atoms. The number of morpholine rings is 1. The lowest BCUT2D eigenvalue weighted by Crippen LogP contribution is -2.54. The number of nitrogens with zero attached hydrogens (tertiary/aromatic N) is 2. The highest BCUT2D eigenvalue weighted by atomic mass is 32.1. The Balaban J connectivity index is 0.000000339. The smallest absolute Gasteiger partial charge is 0.475 e. The van der Waals surface area contributed by atoms with E-state index in [1.165, 1.54) is 0 Å². The van der Waals surface area contributed by atoms with E-state index in [2.05, 4.69) is 4.98 Å². The molecule has 1 amide bonds. The van der Waals surface area contributed by atoms with Crippen LogP contribution in [0.15, 0.2) is 41.2 Å². The summed E-state index contributed by atoms with van der Waals surface area (Å²) < 4.78 is 43.7. The van der Waals surface area contributed by atoms with Gasteiger partial charge in [0.2, 0.25) is 11.8 Å². The molecule has 168 valence electrons. The molecule has 1 aliphatic carbocycles. The molecule has 2 aliphatic rings. The van der Waals surface area contributed by atoms with Crippen molar-refractivity contribution in [3.63, 3.8) is 0 Å². The second kappa shape index (κ2) is 10.1. The average molecular weight is 458 g/mol. The fourth-order valence-corrected chi connectivity index (χ4v) is 4.26. The van der Waals surface area contributed by atoms with Gasteiger partial charge in [0.05, 0.1) is 19.1 Å². The lowest BCUT2D eigenvalue weighted by Gasteiger charge is -2.39. The molecule has 11 heteroatoms. The number of thiophene rings is 1. The number of aromatic nitrogens is 1. The number of hydrogen-bond acceptors (Lipinski definition) is 6. The van der Waals surface area contributed by atoms with Crippen molar-refractivity contribution >= 4 is 23.2 Å². The Labute approximate surface area is 180 Å². The molecule has 7 nitrogen and oxygen atoms in total. The first kappa shape index (κ1) is 23.0. The Morgan fingerprint density at radius 1 is 1.29 bits per heavy atom. The predicted octanol–water partition coefficient (Wildman–Crippen LogP) is 3.16. The molecular weight excluding hydrogens is 437 g/mol. The zero-order valence-corrected chi connectivity index (χ0v) is 17.1. The van der Waals surface area contributed by atoms with E-state index in [-0.39, 0.29) is 24.2 Å². The number of carbonyl (C=O) groups excluding carboxylic acids is 1. The number of carboxylic acid groups (broad SMARTS) is 1. The summed E-state index contributed by atoms with van der Waals surface area (Å²) in [4.78, 5) is 27.8. The molecule has 1 saturated carbocycles. The number of amides is 1. The van der Waals surface area contributed by atoms with Gasteiger partial charge < -0.3 is 19.5 Å². The molecule has 3 heterocycles. The first-order valence-electron chi connectivity index (χ1n) is 9.55. The minimum absolute atomic E-state index is 0.0401. The van der Waals surface area contributed by atoms with Gasteiger partial charge in [0.25, 0.3) is 0 Å². The van der Waals surface area contributed by atoms with E-state index < -0.39 is 12.1 Å². The first-order valence-corrected chi connectivity index (χ1v) is 10.5. The van der Waals surface area contributed by atoms with Crippen molar-refractivity contribution in [3.05, 3.63) is 46.8 Å². The van der Waals surface area contributed by atoms with Crippen LogP contribution in [0.1, 0.15) is 18.4 Å². The van der Waals surface area contributed by atoms with Gasteiger partial charge in [-0.3, -0.25) is 4.79 Å². The molecule has 0 spiro atoms. The summed E-state index contributed by atoms with van der Waals surface area (Å²) in [6, 6.07) is 7.76. The molecule has 2 aromatic heterocycles. The van der Waals surface area contributed by atoms with E-state index in [4.69, 9.17) is 19.4 Å². The van der Waals surface area contributed by atoms with Crippen LogP contribution in [-0.4, -0.2) is 64.4 Å². The topological polar surface area (TPSA) is 89.0 Å². The molecule has 2 aromatic rings. The van der Waals surface area contributed by atoms with Gasteiger partial charge in [0.1, 0.15) is 12.2 Å². The summed E-state index contributed by atoms with van der Waals surface area (Å²) in [6.45, 7) is 1.24. The normalized spacial score (nSPS) is 22.8. The van der Waals surface area contributed by atoms with Crippen LogP contribution in [0.25, 0.3) is 0 Å². The van der Waals surface area contributed by atoms with Crippen molar-refractivity contribution in [1.82, 2.24) is 9.88 Å². The van der Waals surface area contributed by atoms with Gasteiger partial charge in [-0.1, -0.05) is 6.07 Å². The van der Waals surface area contributed by atoms with E-state index >= 15 is 0 Å². The van der Waals surface area contributed by atoms with Gasteiger partial charge in [0.15, 0.2) is 0 Å². The number of fused-ring (bicyclic) bond motifs is 1. The van der Waals surface area contributed by atoms with E-state index in [1.807, 2.05) is 39.9 Å². The van der Waals surface area contributed by atoms with Gasteiger partial charge in [-0.05, 0) is 41.3 Å². The van der Waals surface area contributed by atoms with Gasteiger partial charge in [-0.2, -0.15) is 24.5 Å². The molecule has 0 bridgehead atoms. The first-order chi connectivity index (χ1) is 14.8. The molecule has 0 aromatic carbocycles. The highest BCUT2D eigenvalue weighted by Crippen LogP contribution is 2.33. The number of pyridine rings is 1. The third kappa shape index (κ3) is 6.17. The molecule has 1 aliphatic heterocycles. The SMILES string of the molecule is O=C(Cc1ccsc1)N1CCO[C@H]2[C@@H](Oc3ccccn3)CC[C@@H]21.O=C(O)C(F)(F)F. The van der Waals surface area contributed by atoms with Gasteiger partial charge in [-0.15, -0.1) is 0 Å². The van der Waals surface area contributed by atoms with Crippen LogP contribution < -0.4 is 4.74 Å². The number of rotatable bonds is 4. The van der Waals surface area contributed by atoms with Crippen LogP contribution in [0, 0.1) is 0 Å². The molecule has 4 rings (SSSR count). The minimum Gasteiger partial charge on any atom is -0.475 e. The lowest BCUT2D eigenvalue weighted by molar-refractivity contribution is -0.192. The standard InChI is InChI=1S/C18H20N2O3S.C2HF3O2/c21-17(11-13-6-10-24-12-13)20-8-9-22-18-14(20)4-5-15(18)23-16-3-1-2-7-19-16;3-2(4,5)1(6)7/h1-3,6-7,10,12,14-15,18H,4-5,8-9,11H2;(H,6,7)/t14-,15-,18+;/m0./s1. The zero-order valence-electron chi connectivity index (χ0n) is 16.3. The van der Waals surface area contributed by atoms with E-state index in [0.717, 1.165) is 18.4 Å². The maximum absolute atomic E-state index is 12.7. The van der Waals surface area contributed by atoms with Crippen LogP contribution in [-0.2, 0) is 20.7 Å².